The van der Waals surface area contributed by atoms with Crippen molar-refractivity contribution in [1.29, 1.82) is 0 Å². The van der Waals surface area contributed by atoms with Crippen molar-refractivity contribution in [1.82, 2.24) is 19.6 Å². The van der Waals surface area contributed by atoms with Gasteiger partial charge in [0.15, 0.2) is 16.6 Å². The van der Waals surface area contributed by atoms with Crippen molar-refractivity contribution in [2.24, 2.45) is 0 Å². The molecule has 0 aliphatic rings. The third kappa shape index (κ3) is 4.36. The van der Waals surface area contributed by atoms with Gasteiger partial charge in [0.1, 0.15) is 5.75 Å². The molecule has 2 heterocycles. The number of methoxy groups -OCH3 is 1. The SMILES string of the molecule is COc1ccc(NC(=O)CSc2nc(-c3ccc(C)cc3)nc3cc(=O)[nH]n23)cc1. The standard InChI is InChI=1S/C21H19N5O3S/c1-13-3-5-14(6-4-13)20-23-17-11-18(27)25-26(17)21(24-20)30-12-19(28)22-15-7-9-16(29-2)10-8-15/h3-11H,12H2,1-2H3,(H,22,28)(H,25,27). The first-order chi connectivity index (χ1) is 14.5. The molecular weight excluding hydrogens is 402 g/mol. The molecule has 0 radical (unpaired) electrons. The van der Waals surface area contributed by atoms with E-state index in [4.69, 9.17) is 4.74 Å². The number of H-pyrrole nitrogens is 1. The summed E-state index contributed by atoms with van der Waals surface area (Å²) in [7, 11) is 1.59. The summed E-state index contributed by atoms with van der Waals surface area (Å²) in [6.45, 7) is 2.00. The number of hydrogen-bond donors (Lipinski definition) is 2. The maximum absolute atomic E-state index is 12.4. The van der Waals surface area contributed by atoms with Crippen LogP contribution in [0.5, 0.6) is 5.75 Å². The first-order valence-corrected chi connectivity index (χ1v) is 10.1. The smallest absolute Gasteiger partial charge is 0.266 e. The molecule has 0 bridgehead atoms. The Morgan fingerprint density at radius 3 is 2.57 bits per heavy atom. The van der Waals surface area contributed by atoms with Crippen LogP contribution in [0.2, 0.25) is 0 Å². The number of rotatable bonds is 6. The molecule has 0 atom stereocenters. The first-order valence-electron chi connectivity index (χ1n) is 9.15. The molecule has 2 N–H and O–H groups in total. The van der Waals surface area contributed by atoms with Gasteiger partial charge in [-0.2, -0.15) is 0 Å². The predicted molar refractivity (Wildman–Crippen MR) is 116 cm³/mol. The van der Waals surface area contributed by atoms with Crippen LogP contribution in [0.25, 0.3) is 17.0 Å². The summed E-state index contributed by atoms with van der Waals surface area (Å²) in [5.74, 6) is 1.13. The summed E-state index contributed by atoms with van der Waals surface area (Å²) in [6, 6.07) is 16.3. The van der Waals surface area contributed by atoms with Gasteiger partial charge in [-0.1, -0.05) is 41.6 Å². The Bertz CT molecular complexity index is 1250. The second-order valence-electron chi connectivity index (χ2n) is 6.58. The number of aromatic amines is 1. The highest BCUT2D eigenvalue weighted by Gasteiger charge is 2.13. The van der Waals surface area contributed by atoms with E-state index in [1.54, 1.807) is 31.4 Å². The second-order valence-corrected chi connectivity index (χ2v) is 7.52. The van der Waals surface area contributed by atoms with Crippen LogP contribution in [-0.4, -0.2) is 38.4 Å². The monoisotopic (exact) mass is 421 g/mol. The van der Waals surface area contributed by atoms with E-state index in [-0.39, 0.29) is 17.2 Å². The predicted octanol–water partition coefficient (Wildman–Crippen LogP) is 3.13. The molecule has 0 saturated carbocycles. The summed E-state index contributed by atoms with van der Waals surface area (Å²) in [4.78, 5) is 33.2. The van der Waals surface area contributed by atoms with Crippen molar-refractivity contribution < 1.29 is 9.53 Å². The number of carbonyl (C=O) groups excluding carboxylic acids is 1. The fourth-order valence-corrected chi connectivity index (χ4v) is 3.57. The molecule has 0 saturated heterocycles. The second kappa shape index (κ2) is 8.42. The fourth-order valence-electron chi connectivity index (χ4n) is 2.81. The Morgan fingerprint density at radius 1 is 1.13 bits per heavy atom. The fraction of sp³-hybridized carbons (Fsp3) is 0.143. The van der Waals surface area contributed by atoms with E-state index in [9.17, 15) is 9.59 Å². The normalized spacial score (nSPS) is 10.9. The summed E-state index contributed by atoms with van der Waals surface area (Å²) in [6.07, 6.45) is 0. The number of aromatic nitrogens is 4. The number of fused-ring (bicyclic) bond motifs is 1. The van der Waals surface area contributed by atoms with Crippen LogP contribution in [0, 0.1) is 6.92 Å². The highest BCUT2D eigenvalue weighted by Crippen LogP contribution is 2.22. The van der Waals surface area contributed by atoms with Crippen molar-refractivity contribution in [3.05, 3.63) is 70.5 Å². The highest BCUT2D eigenvalue weighted by molar-refractivity contribution is 7.99. The molecule has 1 amide bonds. The summed E-state index contributed by atoms with van der Waals surface area (Å²) in [5, 5.41) is 5.97. The minimum atomic E-state index is -0.283. The third-order valence-electron chi connectivity index (χ3n) is 4.34. The van der Waals surface area contributed by atoms with Crippen LogP contribution >= 0.6 is 11.8 Å². The molecule has 0 spiro atoms. The number of carbonyl (C=O) groups is 1. The molecule has 4 rings (SSSR count). The summed E-state index contributed by atoms with van der Waals surface area (Å²) >= 11 is 1.22. The zero-order chi connectivity index (χ0) is 21.1. The van der Waals surface area contributed by atoms with Gasteiger partial charge in [0.25, 0.3) is 5.56 Å². The Balaban J connectivity index is 1.55. The topological polar surface area (TPSA) is 101 Å². The van der Waals surface area contributed by atoms with Crippen LogP contribution in [0.15, 0.2) is 64.5 Å². The van der Waals surface area contributed by atoms with Crippen molar-refractivity contribution in [2.45, 2.75) is 12.1 Å². The molecule has 0 unspecified atom stereocenters. The lowest BCUT2D eigenvalue weighted by molar-refractivity contribution is -0.113. The number of benzene rings is 2. The van der Waals surface area contributed by atoms with E-state index in [2.05, 4.69) is 20.4 Å². The maximum atomic E-state index is 12.4. The van der Waals surface area contributed by atoms with Gasteiger partial charge >= 0.3 is 0 Å². The van der Waals surface area contributed by atoms with E-state index in [1.165, 1.54) is 22.3 Å². The Labute approximate surface area is 176 Å². The van der Waals surface area contributed by atoms with Crippen LogP contribution in [0.1, 0.15) is 5.56 Å². The number of amides is 1. The van der Waals surface area contributed by atoms with Crippen molar-refractivity contribution in [2.75, 3.05) is 18.2 Å². The highest BCUT2D eigenvalue weighted by atomic mass is 32.2. The van der Waals surface area contributed by atoms with E-state index in [0.29, 0.717) is 28.1 Å². The van der Waals surface area contributed by atoms with E-state index >= 15 is 0 Å². The van der Waals surface area contributed by atoms with Crippen LogP contribution in [0.3, 0.4) is 0 Å². The summed E-state index contributed by atoms with van der Waals surface area (Å²) in [5.41, 5.74) is 2.80. The van der Waals surface area contributed by atoms with Crippen LogP contribution in [-0.2, 0) is 4.79 Å². The van der Waals surface area contributed by atoms with Gasteiger partial charge in [0.05, 0.1) is 12.9 Å². The average molecular weight is 421 g/mol. The van der Waals surface area contributed by atoms with Crippen molar-refractivity contribution in [3.63, 3.8) is 0 Å². The molecule has 2 aromatic heterocycles. The molecule has 4 aromatic rings. The maximum Gasteiger partial charge on any atom is 0.266 e. The van der Waals surface area contributed by atoms with E-state index in [1.807, 2.05) is 31.2 Å². The molecule has 152 valence electrons. The zero-order valence-corrected chi connectivity index (χ0v) is 17.2. The van der Waals surface area contributed by atoms with Gasteiger partial charge in [-0.15, -0.1) is 0 Å². The Kier molecular flexibility index (Phi) is 5.53. The van der Waals surface area contributed by atoms with Gasteiger partial charge < -0.3 is 10.1 Å². The molecule has 0 fully saturated rings. The molecule has 0 aliphatic carbocycles. The lowest BCUT2D eigenvalue weighted by atomic mass is 10.1. The van der Waals surface area contributed by atoms with Gasteiger partial charge in [-0.25, -0.2) is 14.5 Å². The molecule has 2 aromatic carbocycles. The van der Waals surface area contributed by atoms with Gasteiger partial charge in [-0.3, -0.25) is 14.7 Å². The number of hydrogen-bond acceptors (Lipinski definition) is 6. The first kappa shape index (κ1) is 19.7. The molecule has 9 heteroatoms. The number of anilines is 1. The number of ether oxygens (including phenoxy) is 1. The zero-order valence-electron chi connectivity index (χ0n) is 16.4. The van der Waals surface area contributed by atoms with E-state index in [0.717, 1.165) is 11.1 Å². The molecule has 8 nitrogen and oxygen atoms in total. The minimum Gasteiger partial charge on any atom is -0.497 e. The Hall–Kier alpha value is -3.59. The molecule has 30 heavy (non-hydrogen) atoms. The Morgan fingerprint density at radius 2 is 1.87 bits per heavy atom. The molecule has 0 aliphatic heterocycles. The van der Waals surface area contributed by atoms with Crippen molar-refractivity contribution in [3.8, 4) is 17.1 Å². The average Bonchev–Trinajstić information content (AvgIpc) is 3.13. The number of aryl methyl sites for hydroxylation is 1. The lowest BCUT2D eigenvalue weighted by Crippen LogP contribution is -2.15. The number of nitrogens with zero attached hydrogens (tertiary/aromatic N) is 3. The number of thioether (sulfide) groups is 1. The van der Waals surface area contributed by atoms with Gasteiger partial charge in [-0.05, 0) is 31.2 Å². The minimum absolute atomic E-state index is 0.117. The summed E-state index contributed by atoms with van der Waals surface area (Å²) < 4.78 is 6.61. The van der Waals surface area contributed by atoms with Gasteiger partial charge in [0.2, 0.25) is 5.91 Å². The van der Waals surface area contributed by atoms with Gasteiger partial charge in [0, 0.05) is 17.3 Å². The number of nitrogens with one attached hydrogen (secondary N) is 2. The molecular formula is C21H19N5O3S. The van der Waals surface area contributed by atoms with Crippen LogP contribution < -0.4 is 15.6 Å². The largest absolute Gasteiger partial charge is 0.497 e. The lowest BCUT2D eigenvalue weighted by Gasteiger charge is -2.08. The quantitative estimate of drug-likeness (QED) is 0.464. The van der Waals surface area contributed by atoms with E-state index < -0.39 is 0 Å². The van der Waals surface area contributed by atoms with Crippen LogP contribution in [0.4, 0.5) is 5.69 Å². The third-order valence-corrected chi connectivity index (χ3v) is 5.28. The van der Waals surface area contributed by atoms with Crippen molar-refractivity contribution >= 4 is 29.0 Å².